The molecule has 3 unspecified atom stereocenters. The van der Waals surface area contributed by atoms with Crippen LogP contribution in [0.3, 0.4) is 0 Å². The third kappa shape index (κ3) is 3.06. The van der Waals surface area contributed by atoms with Gasteiger partial charge in [-0.3, -0.25) is 9.69 Å². The van der Waals surface area contributed by atoms with Gasteiger partial charge in [0.05, 0.1) is 27.8 Å². The van der Waals surface area contributed by atoms with Gasteiger partial charge >= 0.3 is 5.97 Å². The summed E-state index contributed by atoms with van der Waals surface area (Å²) in [7, 11) is 1.89. The number of hydrogen-bond donors (Lipinski definition) is 1. The smallest absolute Gasteiger partial charge is 0.310 e. The van der Waals surface area contributed by atoms with Gasteiger partial charge in [0.15, 0.2) is 0 Å². The fraction of sp³-hybridized carbons (Fsp3) is 0.583. The Balaban J connectivity index is 2.17. The number of carbonyl (C=O) groups is 1. The molecule has 7 heteroatoms. The summed E-state index contributed by atoms with van der Waals surface area (Å²) in [4.78, 5) is 13.2. The first-order valence-electron chi connectivity index (χ1n) is 5.89. The van der Waals surface area contributed by atoms with Crippen LogP contribution in [0.1, 0.15) is 18.5 Å². The van der Waals surface area contributed by atoms with E-state index in [-0.39, 0.29) is 18.7 Å². The van der Waals surface area contributed by atoms with E-state index in [2.05, 4.69) is 0 Å². The van der Waals surface area contributed by atoms with Gasteiger partial charge in [0.25, 0.3) is 0 Å². The third-order valence-corrected chi connectivity index (χ3v) is 5.15. The maximum absolute atomic E-state index is 11.2. The number of hydrogen-bond acceptors (Lipinski definition) is 4. The Labute approximate surface area is 125 Å². The van der Waals surface area contributed by atoms with Crippen LogP contribution >= 0.6 is 34.5 Å². The van der Waals surface area contributed by atoms with Gasteiger partial charge in [-0.15, -0.1) is 11.3 Å². The van der Waals surface area contributed by atoms with Crippen molar-refractivity contribution in [3.8, 4) is 0 Å². The van der Waals surface area contributed by atoms with Gasteiger partial charge in [0.2, 0.25) is 0 Å². The predicted molar refractivity (Wildman–Crippen MR) is 76.2 cm³/mol. The third-order valence-electron chi connectivity index (χ3n) is 3.63. The van der Waals surface area contributed by atoms with Crippen molar-refractivity contribution in [2.45, 2.75) is 19.0 Å². The molecule has 0 spiro atoms. The predicted octanol–water partition coefficient (Wildman–Crippen LogP) is 3.15. The van der Waals surface area contributed by atoms with Crippen LogP contribution in [0.4, 0.5) is 0 Å². The van der Waals surface area contributed by atoms with E-state index in [4.69, 9.17) is 27.9 Å². The first-order chi connectivity index (χ1) is 8.91. The molecule has 19 heavy (non-hydrogen) atoms. The lowest BCUT2D eigenvalue weighted by Crippen LogP contribution is -2.42. The van der Waals surface area contributed by atoms with Gasteiger partial charge in [0, 0.05) is 17.6 Å². The minimum Gasteiger partial charge on any atom is -0.481 e. The number of nitrogens with zero attached hydrogens (tertiary/aromatic N) is 1. The molecule has 1 N–H and O–H groups in total. The molecule has 1 aromatic rings. The van der Waals surface area contributed by atoms with E-state index in [0.29, 0.717) is 15.3 Å². The Hall–Kier alpha value is -0.330. The van der Waals surface area contributed by atoms with Crippen molar-refractivity contribution in [3.05, 3.63) is 20.3 Å². The summed E-state index contributed by atoms with van der Waals surface area (Å²) in [5.41, 5.74) is 0.926. The molecule has 1 aliphatic heterocycles. The molecule has 3 atom stereocenters. The highest BCUT2D eigenvalue weighted by Crippen LogP contribution is 2.38. The van der Waals surface area contributed by atoms with E-state index in [1.165, 1.54) is 11.3 Å². The van der Waals surface area contributed by atoms with Crippen LogP contribution in [-0.4, -0.2) is 42.3 Å². The molecule has 2 heterocycles. The second kappa shape index (κ2) is 5.97. The first kappa shape index (κ1) is 15.1. The van der Waals surface area contributed by atoms with Crippen molar-refractivity contribution >= 4 is 40.5 Å². The van der Waals surface area contributed by atoms with Gasteiger partial charge in [0.1, 0.15) is 0 Å². The molecular weight excluding hydrogens is 309 g/mol. The van der Waals surface area contributed by atoms with Crippen molar-refractivity contribution in [3.63, 3.8) is 0 Å². The summed E-state index contributed by atoms with van der Waals surface area (Å²) in [5.74, 6) is -1.32. The SMILES string of the molecule is CC(c1cc(Cl)sc1Cl)N(C)C1COCC1C(=O)O. The Morgan fingerprint density at radius 3 is 2.79 bits per heavy atom. The van der Waals surface area contributed by atoms with Crippen LogP contribution in [0.2, 0.25) is 8.67 Å². The standard InChI is InChI=1S/C12H15Cl2NO3S/c1-6(7-3-10(13)19-11(7)14)15(2)9-5-18-4-8(9)12(16)17/h3,6,8-9H,4-5H2,1-2H3,(H,16,17). The van der Waals surface area contributed by atoms with E-state index in [1.807, 2.05) is 24.9 Å². The molecule has 1 aromatic heterocycles. The van der Waals surface area contributed by atoms with Crippen molar-refractivity contribution < 1.29 is 14.6 Å². The molecule has 0 aliphatic carbocycles. The fourth-order valence-corrected chi connectivity index (χ4v) is 3.96. The molecule has 2 rings (SSSR count). The number of carboxylic acid groups (broad SMARTS) is 1. The minimum atomic E-state index is -0.823. The molecule has 1 fully saturated rings. The average molecular weight is 324 g/mol. The van der Waals surface area contributed by atoms with Gasteiger partial charge in [-0.2, -0.15) is 0 Å². The lowest BCUT2D eigenvalue weighted by Gasteiger charge is -2.31. The Morgan fingerprint density at radius 2 is 2.26 bits per heavy atom. The highest BCUT2D eigenvalue weighted by Gasteiger charge is 2.38. The molecule has 0 bridgehead atoms. The molecular formula is C12H15Cl2NO3S. The van der Waals surface area contributed by atoms with Crippen molar-refractivity contribution in [1.82, 2.24) is 4.90 Å². The van der Waals surface area contributed by atoms with E-state index in [9.17, 15) is 9.90 Å². The maximum atomic E-state index is 11.2. The molecule has 0 aromatic carbocycles. The van der Waals surface area contributed by atoms with Crippen LogP contribution in [0.15, 0.2) is 6.07 Å². The molecule has 0 amide bonds. The largest absolute Gasteiger partial charge is 0.481 e. The number of likely N-dealkylation sites (N-methyl/N-ethyl adjacent to an activating group) is 1. The zero-order valence-electron chi connectivity index (χ0n) is 10.6. The molecule has 0 saturated carbocycles. The van der Waals surface area contributed by atoms with Gasteiger partial charge in [-0.25, -0.2) is 0 Å². The zero-order valence-corrected chi connectivity index (χ0v) is 12.9. The fourth-order valence-electron chi connectivity index (χ4n) is 2.32. The molecule has 1 aliphatic rings. The van der Waals surface area contributed by atoms with Crippen LogP contribution in [0.25, 0.3) is 0 Å². The minimum absolute atomic E-state index is 0.00944. The average Bonchev–Trinajstić information content (AvgIpc) is 2.93. The van der Waals surface area contributed by atoms with Gasteiger partial charge in [-0.05, 0) is 20.0 Å². The lowest BCUT2D eigenvalue weighted by atomic mass is 10.00. The second-order valence-electron chi connectivity index (χ2n) is 4.67. The van der Waals surface area contributed by atoms with E-state index in [0.717, 1.165) is 5.56 Å². The first-order valence-corrected chi connectivity index (χ1v) is 7.46. The summed E-state index contributed by atoms with van der Waals surface area (Å²) in [6, 6.07) is 1.67. The van der Waals surface area contributed by atoms with Crippen LogP contribution < -0.4 is 0 Å². The Morgan fingerprint density at radius 1 is 1.58 bits per heavy atom. The number of aliphatic carboxylic acids is 1. The lowest BCUT2D eigenvalue weighted by molar-refractivity contribution is -0.143. The summed E-state index contributed by atoms with van der Waals surface area (Å²) >= 11 is 13.4. The number of thiophene rings is 1. The van der Waals surface area contributed by atoms with E-state index in [1.54, 1.807) is 0 Å². The van der Waals surface area contributed by atoms with Crippen LogP contribution in [-0.2, 0) is 9.53 Å². The van der Waals surface area contributed by atoms with Crippen LogP contribution in [0, 0.1) is 5.92 Å². The quantitative estimate of drug-likeness (QED) is 0.924. The van der Waals surface area contributed by atoms with Gasteiger partial charge in [-0.1, -0.05) is 23.2 Å². The van der Waals surface area contributed by atoms with Gasteiger partial charge < -0.3 is 9.84 Å². The highest BCUT2D eigenvalue weighted by atomic mass is 35.5. The second-order valence-corrected chi connectivity index (χ2v) is 6.96. The van der Waals surface area contributed by atoms with E-state index >= 15 is 0 Å². The number of ether oxygens (including phenoxy) is 1. The number of carboxylic acids is 1. The molecule has 106 valence electrons. The van der Waals surface area contributed by atoms with Crippen molar-refractivity contribution in [2.24, 2.45) is 5.92 Å². The van der Waals surface area contributed by atoms with E-state index < -0.39 is 11.9 Å². The van der Waals surface area contributed by atoms with Crippen molar-refractivity contribution in [1.29, 1.82) is 0 Å². The normalized spacial score (nSPS) is 24.9. The highest BCUT2D eigenvalue weighted by molar-refractivity contribution is 7.20. The summed E-state index contributed by atoms with van der Waals surface area (Å²) < 4.78 is 6.58. The monoisotopic (exact) mass is 323 g/mol. The molecule has 0 radical (unpaired) electrons. The number of halogens is 2. The van der Waals surface area contributed by atoms with Crippen LogP contribution in [0.5, 0.6) is 0 Å². The maximum Gasteiger partial charge on any atom is 0.310 e. The Kier molecular flexibility index (Phi) is 4.74. The van der Waals surface area contributed by atoms with Crippen molar-refractivity contribution in [2.75, 3.05) is 20.3 Å². The summed E-state index contributed by atoms with van der Waals surface area (Å²) in [6.07, 6.45) is 0. The summed E-state index contributed by atoms with van der Waals surface area (Å²) in [6.45, 7) is 2.67. The zero-order chi connectivity index (χ0) is 14.2. The number of rotatable bonds is 4. The summed E-state index contributed by atoms with van der Waals surface area (Å²) in [5, 5.41) is 9.19. The molecule has 4 nitrogen and oxygen atoms in total. The molecule has 1 saturated heterocycles. The Bertz CT molecular complexity index is 480. The topological polar surface area (TPSA) is 49.8 Å².